The van der Waals surface area contributed by atoms with Crippen molar-refractivity contribution in [2.75, 3.05) is 13.2 Å². The van der Waals surface area contributed by atoms with Crippen molar-refractivity contribution in [1.29, 1.82) is 0 Å². The molecule has 0 spiro atoms. The topological polar surface area (TPSA) is 29.5 Å². The van der Waals surface area contributed by atoms with Crippen LogP contribution in [0.3, 0.4) is 0 Å². The Kier molecular flexibility index (Phi) is 6.12. The van der Waals surface area contributed by atoms with Gasteiger partial charge in [0.1, 0.15) is 0 Å². The summed E-state index contributed by atoms with van der Waals surface area (Å²) in [6.45, 7) is 5.82. The molecule has 0 saturated heterocycles. The third-order valence-corrected chi connectivity index (χ3v) is 2.40. The second kappa shape index (κ2) is 7.42. The van der Waals surface area contributed by atoms with Crippen LogP contribution in [0.15, 0.2) is 30.3 Å². The Labute approximate surface area is 98.3 Å². The van der Waals surface area contributed by atoms with Crippen LogP contribution >= 0.6 is 0 Å². The second-order valence-corrected chi connectivity index (χ2v) is 4.54. The molecule has 2 heteroatoms. The summed E-state index contributed by atoms with van der Waals surface area (Å²) >= 11 is 0. The Balaban J connectivity index is 2.14. The van der Waals surface area contributed by atoms with E-state index < -0.39 is 0 Å². The highest BCUT2D eigenvalue weighted by Gasteiger charge is 2.05. The van der Waals surface area contributed by atoms with E-state index in [1.54, 1.807) is 0 Å². The summed E-state index contributed by atoms with van der Waals surface area (Å²) in [6.07, 6.45) is 1.31. The Hall–Kier alpha value is -0.860. The van der Waals surface area contributed by atoms with Crippen molar-refractivity contribution in [2.24, 2.45) is 5.92 Å². The number of benzene rings is 1. The van der Waals surface area contributed by atoms with Crippen LogP contribution in [0.2, 0.25) is 0 Å². The molecule has 0 radical (unpaired) electrons. The highest BCUT2D eigenvalue weighted by Crippen LogP contribution is 2.17. The quantitative estimate of drug-likeness (QED) is 0.718. The van der Waals surface area contributed by atoms with Crippen LogP contribution in [0.5, 0.6) is 0 Å². The predicted molar refractivity (Wildman–Crippen MR) is 66.3 cm³/mol. The zero-order valence-corrected chi connectivity index (χ0v) is 10.2. The molecule has 1 atom stereocenters. The first-order valence-electron chi connectivity index (χ1n) is 6.01. The molecule has 2 nitrogen and oxygen atoms in total. The van der Waals surface area contributed by atoms with Gasteiger partial charge in [-0.15, -0.1) is 0 Å². The summed E-state index contributed by atoms with van der Waals surface area (Å²) in [6, 6.07) is 9.78. The van der Waals surface area contributed by atoms with E-state index in [0.29, 0.717) is 5.92 Å². The van der Waals surface area contributed by atoms with Gasteiger partial charge in [-0.3, -0.25) is 0 Å². The summed E-state index contributed by atoms with van der Waals surface area (Å²) in [4.78, 5) is 0. The van der Waals surface area contributed by atoms with Gasteiger partial charge in [0.05, 0.1) is 6.10 Å². The van der Waals surface area contributed by atoms with Crippen LogP contribution in [-0.2, 0) is 4.74 Å². The van der Waals surface area contributed by atoms with Crippen LogP contribution in [0.25, 0.3) is 0 Å². The molecular weight excluding hydrogens is 200 g/mol. The fourth-order valence-corrected chi connectivity index (χ4v) is 1.54. The van der Waals surface area contributed by atoms with E-state index in [-0.39, 0.29) is 6.10 Å². The average molecular weight is 222 g/mol. The van der Waals surface area contributed by atoms with E-state index in [1.807, 2.05) is 30.3 Å². The van der Waals surface area contributed by atoms with Gasteiger partial charge in [0, 0.05) is 13.2 Å². The fraction of sp³-hybridized carbons (Fsp3) is 0.571. The molecule has 1 unspecified atom stereocenters. The summed E-state index contributed by atoms with van der Waals surface area (Å²) in [7, 11) is 0. The van der Waals surface area contributed by atoms with Gasteiger partial charge >= 0.3 is 0 Å². The molecule has 90 valence electrons. The largest absolute Gasteiger partial charge is 0.388 e. The van der Waals surface area contributed by atoms with E-state index in [2.05, 4.69) is 13.8 Å². The maximum Gasteiger partial charge on any atom is 0.0790 e. The van der Waals surface area contributed by atoms with E-state index in [1.165, 1.54) is 0 Å². The second-order valence-electron chi connectivity index (χ2n) is 4.54. The maximum atomic E-state index is 9.87. The van der Waals surface area contributed by atoms with Crippen molar-refractivity contribution in [3.8, 4) is 0 Å². The lowest BCUT2D eigenvalue weighted by Gasteiger charge is -2.11. The van der Waals surface area contributed by atoms with Crippen LogP contribution in [0.4, 0.5) is 0 Å². The predicted octanol–water partition coefficient (Wildman–Crippen LogP) is 3.17. The summed E-state index contributed by atoms with van der Waals surface area (Å²) in [5, 5.41) is 9.87. The molecule has 0 heterocycles. The molecule has 0 aromatic heterocycles. The van der Waals surface area contributed by atoms with Gasteiger partial charge in [-0.1, -0.05) is 44.2 Å². The first kappa shape index (κ1) is 13.2. The van der Waals surface area contributed by atoms with Crippen LogP contribution < -0.4 is 0 Å². The average Bonchev–Trinajstić information content (AvgIpc) is 2.29. The normalized spacial score (nSPS) is 13.0. The molecular formula is C14H22O2. The Morgan fingerprint density at radius 1 is 1.19 bits per heavy atom. The molecule has 1 aromatic carbocycles. The number of ether oxygens (including phenoxy) is 1. The molecule has 0 aliphatic heterocycles. The van der Waals surface area contributed by atoms with Crippen molar-refractivity contribution >= 4 is 0 Å². The molecule has 0 aliphatic carbocycles. The molecule has 0 aliphatic rings. The van der Waals surface area contributed by atoms with Crippen LogP contribution in [0.1, 0.15) is 38.4 Å². The smallest absolute Gasteiger partial charge is 0.0790 e. The van der Waals surface area contributed by atoms with Gasteiger partial charge in [0.25, 0.3) is 0 Å². The highest BCUT2D eigenvalue weighted by atomic mass is 16.5. The highest BCUT2D eigenvalue weighted by molar-refractivity contribution is 5.16. The van der Waals surface area contributed by atoms with Crippen LogP contribution in [-0.4, -0.2) is 18.3 Å². The molecule has 1 aromatic rings. The van der Waals surface area contributed by atoms with Crippen LogP contribution in [0, 0.1) is 5.92 Å². The first-order chi connectivity index (χ1) is 7.70. The molecule has 0 saturated carbocycles. The van der Waals surface area contributed by atoms with Gasteiger partial charge < -0.3 is 9.84 Å². The van der Waals surface area contributed by atoms with E-state index in [9.17, 15) is 5.11 Å². The van der Waals surface area contributed by atoms with E-state index >= 15 is 0 Å². The molecule has 0 amide bonds. The minimum absolute atomic E-state index is 0.358. The number of aliphatic hydroxyl groups is 1. The number of aliphatic hydroxyl groups excluding tert-OH is 1. The zero-order chi connectivity index (χ0) is 11.8. The van der Waals surface area contributed by atoms with Gasteiger partial charge in [-0.25, -0.2) is 0 Å². The van der Waals surface area contributed by atoms with E-state index in [4.69, 9.17) is 4.74 Å². The third-order valence-electron chi connectivity index (χ3n) is 2.40. The molecule has 16 heavy (non-hydrogen) atoms. The number of hydrogen-bond donors (Lipinski definition) is 1. The Morgan fingerprint density at radius 2 is 1.88 bits per heavy atom. The molecule has 0 fully saturated rings. The van der Waals surface area contributed by atoms with E-state index in [0.717, 1.165) is 31.6 Å². The van der Waals surface area contributed by atoms with Gasteiger partial charge in [-0.05, 0) is 24.3 Å². The standard InChI is InChI=1S/C14H22O2/c1-12(2)11-16-10-6-9-14(15)13-7-4-3-5-8-13/h3-5,7-8,12,14-15H,6,9-11H2,1-2H3. The molecule has 1 N–H and O–H groups in total. The zero-order valence-electron chi connectivity index (χ0n) is 10.2. The molecule has 1 rings (SSSR count). The lowest BCUT2D eigenvalue weighted by atomic mass is 10.1. The minimum Gasteiger partial charge on any atom is -0.388 e. The summed E-state index contributed by atoms with van der Waals surface area (Å²) < 4.78 is 5.47. The number of rotatable bonds is 7. The Bertz CT molecular complexity index is 269. The van der Waals surface area contributed by atoms with Crippen molar-refractivity contribution < 1.29 is 9.84 Å². The van der Waals surface area contributed by atoms with Crippen molar-refractivity contribution in [3.63, 3.8) is 0 Å². The minimum atomic E-state index is -0.358. The van der Waals surface area contributed by atoms with Crippen molar-refractivity contribution in [2.45, 2.75) is 32.8 Å². The Morgan fingerprint density at radius 3 is 2.50 bits per heavy atom. The number of hydrogen-bond acceptors (Lipinski definition) is 2. The third kappa shape index (κ3) is 5.29. The monoisotopic (exact) mass is 222 g/mol. The van der Waals surface area contributed by atoms with Crippen molar-refractivity contribution in [1.82, 2.24) is 0 Å². The lowest BCUT2D eigenvalue weighted by Crippen LogP contribution is -2.05. The van der Waals surface area contributed by atoms with Gasteiger partial charge in [-0.2, -0.15) is 0 Å². The first-order valence-corrected chi connectivity index (χ1v) is 6.01. The summed E-state index contributed by atoms with van der Waals surface area (Å²) in [5.41, 5.74) is 0.992. The maximum absolute atomic E-state index is 9.87. The fourth-order valence-electron chi connectivity index (χ4n) is 1.54. The molecule has 0 bridgehead atoms. The SMILES string of the molecule is CC(C)COCCCC(O)c1ccccc1. The van der Waals surface area contributed by atoms with Gasteiger partial charge in [0.2, 0.25) is 0 Å². The summed E-state index contributed by atoms with van der Waals surface area (Å²) in [5.74, 6) is 0.582. The van der Waals surface area contributed by atoms with Crippen molar-refractivity contribution in [3.05, 3.63) is 35.9 Å². The van der Waals surface area contributed by atoms with Gasteiger partial charge in [0.15, 0.2) is 0 Å². The lowest BCUT2D eigenvalue weighted by molar-refractivity contribution is 0.0905.